The van der Waals surface area contributed by atoms with Crippen LogP contribution in [0.25, 0.3) is 0 Å². The van der Waals surface area contributed by atoms with Gasteiger partial charge >= 0.3 is 0 Å². The first-order valence-electron chi connectivity index (χ1n) is 6.14. The lowest BCUT2D eigenvalue weighted by Crippen LogP contribution is -2.27. The molecule has 0 atom stereocenters. The van der Waals surface area contributed by atoms with Gasteiger partial charge in [-0.25, -0.2) is 0 Å². The van der Waals surface area contributed by atoms with Crippen molar-refractivity contribution >= 4 is 5.84 Å². The van der Waals surface area contributed by atoms with E-state index in [1.165, 1.54) is 0 Å². The van der Waals surface area contributed by atoms with Crippen LogP contribution >= 0.6 is 0 Å². The molecule has 0 bridgehead atoms. The van der Waals surface area contributed by atoms with Crippen LogP contribution in [0.2, 0.25) is 0 Å². The van der Waals surface area contributed by atoms with Gasteiger partial charge in [0.25, 0.3) is 0 Å². The number of nitrogens with zero attached hydrogens (tertiary/aromatic N) is 2. The van der Waals surface area contributed by atoms with E-state index in [0.717, 1.165) is 25.4 Å². The fourth-order valence-electron chi connectivity index (χ4n) is 1.61. The molecule has 0 saturated heterocycles. The molecule has 1 rings (SSSR count). The molecule has 0 aromatic heterocycles. The van der Waals surface area contributed by atoms with Gasteiger partial charge in [0.2, 0.25) is 0 Å². The zero-order valence-electron chi connectivity index (χ0n) is 11.0. The van der Waals surface area contributed by atoms with Gasteiger partial charge in [0.05, 0.1) is 0 Å². The lowest BCUT2D eigenvalue weighted by Gasteiger charge is -2.18. The van der Waals surface area contributed by atoms with E-state index in [1.54, 1.807) is 12.1 Å². The molecule has 1 aromatic carbocycles. The van der Waals surface area contributed by atoms with Crippen LogP contribution in [0.5, 0.6) is 5.75 Å². The average Bonchev–Trinajstić information content (AvgIpc) is 2.43. The summed E-state index contributed by atoms with van der Waals surface area (Å²) in [5.41, 5.74) is 6.15. The largest absolute Gasteiger partial charge is 0.492 e. The fourth-order valence-corrected chi connectivity index (χ4v) is 1.61. The monoisotopic (exact) mass is 251 g/mol. The number of benzene rings is 1. The minimum Gasteiger partial charge on any atom is -0.492 e. The van der Waals surface area contributed by atoms with E-state index in [1.807, 2.05) is 12.1 Å². The number of ether oxygens (including phenoxy) is 1. The number of amidine groups is 1. The first-order chi connectivity index (χ1) is 8.71. The molecule has 0 fully saturated rings. The second kappa shape index (κ2) is 7.55. The summed E-state index contributed by atoms with van der Waals surface area (Å²) in [7, 11) is 0. The standard InChI is InChI=1S/C13H21N3O2/c1-3-16(4-2)9-10-18-12-7-5-11(6-8-12)13(14)15-17/h5-8,17H,3-4,9-10H2,1-2H3,(H2,14,15). The van der Waals surface area contributed by atoms with Crippen molar-refractivity contribution < 1.29 is 9.94 Å². The van der Waals surface area contributed by atoms with E-state index in [9.17, 15) is 0 Å². The summed E-state index contributed by atoms with van der Waals surface area (Å²) in [6.45, 7) is 7.90. The van der Waals surface area contributed by atoms with Crippen LogP contribution in [0, 0.1) is 0 Å². The normalized spacial score (nSPS) is 11.8. The van der Waals surface area contributed by atoms with Gasteiger partial charge in [0.15, 0.2) is 5.84 Å². The summed E-state index contributed by atoms with van der Waals surface area (Å²) >= 11 is 0. The number of rotatable bonds is 7. The highest BCUT2D eigenvalue weighted by Crippen LogP contribution is 2.11. The summed E-state index contributed by atoms with van der Waals surface area (Å²) < 4.78 is 5.62. The van der Waals surface area contributed by atoms with Gasteiger partial charge < -0.3 is 20.6 Å². The maximum Gasteiger partial charge on any atom is 0.170 e. The van der Waals surface area contributed by atoms with E-state index >= 15 is 0 Å². The highest BCUT2D eigenvalue weighted by Gasteiger charge is 2.01. The third-order valence-corrected chi connectivity index (χ3v) is 2.83. The molecule has 3 N–H and O–H groups in total. The van der Waals surface area contributed by atoms with Crippen LogP contribution in [0.15, 0.2) is 29.4 Å². The van der Waals surface area contributed by atoms with Gasteiger partial charge in [-0.05, 0) is 37.4 Å². The van der Waals surface area contributed by atoms with Crippen LogP contribution in [0.1, 0.15) is 19.4 Å². The van der Waals surface area contributed by atoms with E-state index in [4.69, 9.17) is 15.7 Å². The molecule has 0 unspecified atom stereocenters. The van der Waals surface area contributed by atoms with E-state index in [2.05, 4.69) is 23.9 Å². The van der Waals surface area contributed by atoms with Gasteiger partial charge in [-0.2, -0.15) is 0 Å². The van der Waals surface area contributed by atoms with Gasteiger partial charge in [0.1, 0.15) is 12.4 Å². The highest BCUT2D eigenvalue weighted by atomic mass is 16.5. The number of oxime groups is 1. The van der Waals surface area contributed by atoms with Crippen molar-refractivity contribution in [2.24, 2.45) is 10.9 Å². The molecule has 0 spiro atoms. The Balaban J connectivity index is 2.44. The predicted octanol–water partition coefficient (Wildman–Crippen LogP) is 1.50. The smallest absolute Gasteiger partial charge is 0.170 e. The third kappa shape index (κ3) is 4.25. The molecule has 5 nitrogen and oxygen atoms in total. The Morgan fingerprint density at radius 2 is 1.89 bits per heavy atom. The van der Waals surface area contributed by atoms with Crippen molar-refractivity contribution in [3.8, 4) is 5.75 Å². The lowest BCUT2D eigenvalue weighted by atomic mass is 10.2. The summed E-state index contributed by atoms with van der Waals surface area (Å²) in [5, 5.41) is 11.5. The highest BCUT2D eigenvalue weighted by molar-refractivity contribution is 5.97. The Bertz CT molecular complexity index is 372. The molecule has 0 heterocycles. The average molecular weight is 251 g/mol. The molecule has 0 amide bonds. The lowest BCUT2D eigenvalue weighted by molar-refractivity contribution is 0.223. The summed E-state index contributed by atoms with van der Waals surface area (Å²) in [5.74, 6) is 0.890. The molecule has 0 saturated carbocycles. The van der Waals surface area contributed by atoms with Crippen molar-refractivity contribution in [3.05, 3.63) is 29.8 Å². The fraction of sp³-hybridized carbons (Fsp3) is 0.462. The van der Waals surface area contributed by atoms with Gasteiger partial charge in [0, 0.05) is 12.1 Å². The molecule has 0 radical (unpaired) electrons. The summed E-state index contributed by atoms with van der Waals surface area (Å²) in [4.78, 5) is 2.30. The van der Waals surface area contributed by atoms with Gasteiger partial charge in [-0.1, -0.05) is 19.0 Å². The zero-order chi connectivity index (χ0) is 13.4. The Morgan fingerprint density at radius 1 is 1.28 bits per heavy atom. The molecule has 1 aromatic rings. The quantitative estimate of drug-likeness (QED) is 0.333. The van der Waals surface area contributed by atoms with Gasteiger partial charge in [-0.15, -0.1) is 0 Å². The molecule has 18 heavy (non-hydrogen) atoms. The first-order valence-corrected chi connectivity index (χ1v) is 6.14. The van der Waals surface area contributed by atoms with Crippen LogP contribution in [0.3, 0.4) is 0 Å². The molecule has 0 aliphatic heterocycles. The maximum absolute atomic E-state index is 8.54. The number of hydrogen-bond acceptors (Lipinski definition) is 4. The number of hydrogen-bond donors (Lipinski definition) is 2. The Morgan fingerprint density at radius 3 is 2.39 bits per heavy atom. The van der Waals surface area contributed by atoms with E-state index < -0.39 is 0 Å². The van der Waals surface area contributed by atoms with Crippen LogP contribution < -0.4 is 10.5 Å². The molecule has 5 heteroatoms. The molecule has 0 aliphatic carbocycles. The minimum absolute atomic E-state index is 0.102. The van der Waals surface area contributed by atoms with Crippen molar-refractivity contribution in [3.63, 3.8) is 0 Å². The zero-order valence-corrected chi connectivity index (χ0v) is 11.0. The molecule has 100 valence electrons. The van der Waals surface area contributed by atoms with Crippen molar-refractivity contribution in [2.75, 3.05) is 26.2 Å². The Hall–Kier alpha value is -1.75. The third-order valence-electron chi connectivity index (χ3n) is 2.83. The Labute approximate surface area is 108 Å². The SMILES string of the molecule is CCN(CC)CCOc1ccc(/C(N)=N/O)cc1. The van der Waals surface area contributed by atoms with E-state index in [-0.39, 0.29) is 5.84 Å². The van der Waals surface area contributed by atoms with Crippen LogP contribution in [-0.4, -0.2) is 42.2 Å². The summed E-state index contributed by atoms with van der Waals surface area (Å²) in [6, 6.07) is 7.16. The first kappa shape index (κ1) is 14.3. The topological polar surface area (TPSA) is 71.1 Å². The second-order valence-corrected chi connectivity index (χ2v) is 3.88. The van der Waals surface area contributed by atoms with E-state index in [0.29, 0.717) is 12.2 Å². The van der Waals surface area contributed by atoms with Crippen molar-refractivity contribution in [1.82, 2.24) is 4.90 Å². The minimum atomic E-state index is 0.102. The Kier molecular flexibility index (Phi) is 6.00. The van der Waals surface area contributed by atoms with Crippen LogP contribution in [-0.2, 0) is 0 Å². The van der Waals surface area contributed by atoms with Gasteiger partial charge in [-0.3, -0.25) is 0 Å². The molecule has 0 aliphatic rings. The number of likely N-dealkylation sites (N-methyl/N-ethyl adjacent to an activating group) is 1. The number of nitrogens with two attached hydrogens (primary N) is 1. The predicted molar refractivity (Wildman–Crippen MR) is 72.2 cm³/mol. The second-order valence-electron chi connectivity index (χ2n) is 3.88. The maximum atomic E-state index is 8.54. The molecular weight excluding hydrogens is 230 g/mol. The summed E-state index contributed by atoms with van der Waals surface area (Å²) in [6.07, 6.45) is 0. The van der Waals surface area contributed by atoms with Crippen molar-refractivity contribution in [1.29, 1.82) is 0 Å². The molecular formula is C13H21N3O2. The van der Waals surface area contributed by atoms with Crippen LogP contribution in [0.4, 0.5) is 0 Å². The van der Waals surface area contributed by atoms with Crippen molar-refractivity contribution in [2.45, 2.75) is 13.8 Å².